The maximum absolute atomic E-state index is 13.0. The molecule has 3 heterocycles. The maximum Gasteiger partial charge on any atom is 0.321 e. The zero-order valence-electron chi connectivity index (χ0n) is 17.7. The van der Waals surface area contributed by atoms with Crippen LogP contribution in [0.3, 0.4) is 0 Å². The summed E-state index contributed by atoms with van der Waals surface area (Å²) in [7, 11) is 0. The number of amides is 3. The smallest absolute Gasteiger partial charge is 0.321 e. The van der Waals surface area contributed by atoms with Gasteiger partial charge in [0.15, 0.2) is 0 Å². The number of aryl methyl sites for hydroxylation is 1. The molecule has 0 aliphatic carbocycles. The number of anilines is 1. The lowest BCUT2D eigenvalue weighted by Gasteiger charge is -2.38. The van der Waals surface area contributed by atoms with E-state index in [4.69, 9.17) is 0 Å². The molecule has 0 spiro atoms. The molecule has 166 valence electrons. The van der Waals surface area contributed by atoms with Crippen molar-refractivity contribution in [2.45, 2.75) is 26.3 Å². The molecule has 9 heteroatoms. The summed E-state index contributed by atoms with van der Waals surface area (Å²) in [4.78, 5) is 35.9. The molecule has 3 amide bonds. The van der Waals surface area contributed by atoms with Gasteiger partial charge in [0.1, 0.15) is 5.82 Å². The van der Waals surface area contributed by atoms with E-state index in [-0.39, 0.29) is 23.7 Å². The SMILES string of the molecule is Cc1nc(CN2CCC(C(=O)N3CCN(C(=O)Nc4ccc(F)cc4)CC3)CC2)cs1. The minimum Gasteiger partial charge on any atom is -0.339 e. The molecular weight excluding hydrogens is 417 g/mol. The molecule has 31 heavy (non-hydrogen) atoms. The Hall–Kier alpha value is -2.52. The number of thiazole rings is 1. The summed E-state index contributed by atoms with van der Waals surface area (Å²) in [6, 6.07) is 5.48. The van der Waals surface area contributed by atoms with Crippen LogP contribution < -0.4 is 5.32 Å². The van der Waals surface area contributed by atoms with Crippen LogP contribution in [-0.2, 0) is 11.3 Å². The van der Waals surface area contributed by atoms with E-state index in [0.29, 0.717) is 31.9 Å². The van der Waals surface area contributed by atoms with Crippen molar-refractivity contribution < 1.29 is 14.0 Å². The predicted octanol–water partition coefficient (Wildman–Crippen LogP) is 3.18. The summed E-state index contributed by atoms with van der Waals surface area (Å²) in [5.41, 5.74) is 1.67. The Morgan fingerprint density at radius 3 is 2.32 bits per heavy atom. The fraction of sp³-hybridized carbons (Fsp3) is 0.500. The molecule has 4 rings (SSSR count). The van der Waals surface area contributed by atoms with E-state index in [2.05, 4.69) is 20.6 Å². The van der Waals surface area contributed by atoms with Crippen LogP contribution in [0.25, 0.3) is 0 Å². The van der Waals surface area contributed by atoms with Gasteiger partial charge in [-0.3, -0.25) is 9.69 Å². The van der Waals surface area contributed by atoms with Gasteiger partial charge in [0.05, 0.1) is 10.7 Å². The Morgan fingerprint density at radius 1 is 1.06 bits per heavy atom. The van der Waals surface area contributed by atoms with Crippen molar-refractivity contribution >= 4 is 29.0 Å². The second-order valence-electron chi connectivity index (χ2n) is 8.16. The lowest BCUT2D eigenvalue weighted by Crippen LogP contribution is -2.53. The van der Waals surface area contributed by atoms with E-state index in [0.717, 1.165) is 43.2 Å². The standard InChI is InChI=1S/C22H28FN5O2S/c1-16-24-20(15-31-16)14-26-8-6-17(7-9-26)21(29)27-10-12-28(13-11-27)22(30)25-19-4-2-18(23)3-5-19/h2-5,15,17H,6-14H2,1H3,(H,25,30). The molecule has 0 bridgehead atoms. The molecule has 0 unspecified atom stereocenters. The molecular formula is C22H28FN5O2S. The molecule has 1 N–H and O–H groups in total. The number of benzene rings is 1. The van der Waals surface area contributed by atoms with Crippen molar-refractivity contribution in [1.29, 1.82) is 0 Å². The molecule has 2 saturated heterocycles. The fourth-order valence-corrected chi connectivity index (χ4v) is 4.78. The Bertz CT molecular complexity index is 903. The molecule has 2 aromatic rings. The summed E-state index contributed by atoms with van der Waals surface area (Å²) < 4.78 is 13.0. The number of aromatic nitrogens is 1. The Balaban J connectivity index is 1.20. The number of hydrogen-bond acceptors (Lipinski definition) is 5. The highest BCUT2D eigenvalue weighted by Crippen LogP contribution is 2.22. The highest BCUT2D eigenvalue weighted by molar-refractivity contribution is 7.09. The first kappa shape index (κ1) is 21.7. The average molecular weight is 446 g/mol. The fourth-order valence-electron chi connectivity index (χ4n) is 4.17. The van der Waals surface area contributed by atoms with Crippen molar-refractivity contribution in [3.8, 4) is 0 Å². The van der Waals surface area contributed by atoms with Gasteiger partial charge in [-0.25, -0.2) is 14.2 Å². The monoisotopic (exact) mass is 445 g/mol. The van der Waals surface area contributed by atoms with E-state index in [1.807, 2.05) is 11.8 Å². The number of halogens is 1. The van der Waals surface area contributed by atoms with Gasteiger partial charge in [-0.2, -0.15) is 0 Å². The van der Waals surface area contributed by atoms with Gasteiger partial charge < -0.3 is 15.1 Å². The Morgan fingerprint density at radius 2 is 1.71 bits per heavy atom. The number of urea groups is 1. The van der Waals surface area contributed by atoms with E-state index in [1.165, 1.54) is 24.3 Å². The zero-order chi connectivity index (χ0) is 21.8. The quantitative estimate of drug-likeness (QED) is 0.785. The maximum atomic E-state index is 13.0. The zero-order valence-corrected chi connectivity index (χ0v) is 18.5. The van der Waals surface area contributed by atoms with Gasteiger partial charge in [-0.15, -0.1) is 11.3 Å². The summed E-state index contributed by atoms with van der Waals surface area (Å²) in [5, 5.41) is 5.98. The third-order valence-corrected chi connectivity index (χ3v) is 6.79. The molecule has 0 atom stereocenters. The Kier molecular flexibility index (Phi) is 6.82. The van der Waals surface area contributed by atoms with Crippen LogP contribution in [0.2, 0.25) is 0 Å². The van der Waals surface area contributed by atoms with Crippen LogP contribution >= 0.6 is 11.3 Å². The van der Waals surface area contributed by atoms with Crippen LogP contribution in [-0.4, -0.2) is 70.9 Å². The molecule has 2 aliphatic rings. The van der Waals surface area contributed by atoms with Crippen LogP contribution in [0.4, 0.5) is 14.9 Å². The van der Waals surface area contributed by atoms with E-state index in [1.54, 1.807) is 16.2 Å². The molecule has 2 fully saturated rings. The number of carbonyl (C=O) groups excluding carboxylic acids is 2. The highest BCUT2D eigenvalue weighted by Gasteiger charge is 2.31. The summed E-state index contributed by atoms with van der Waals surface area (Å²) in [6.45, 7) is 6.79. The van der Waals surface area contributed by atoms with Crippen LogP contribution in [0.15, 0.2) is 29.6 Å². The van der Waals surface area contributed by atoms with Crippen LogP contribution in [0.5, 0.6) is 0 Å². The second kappa shape index (κ2) is 9.74. The van der Waals surface area contributed by atoms with Crippen molar-refractivity contribution in [2.75, 3.05) is 44.6 Å². The molecule has 0 saturated carbocycles. The molecule has 2 aliphatic heterocycles. The number of likely N-dealkylation sites (tertiary alicyclic amines) is 1. The number of hydrogen-bond donors (Lipinski definition) is 1. The lowest BCUT2D eigenvalue weighted by molar-refractivity contribution is -0.138. The first-order valence-corrected chi connectivity index (χ1v) is 11.6. The van der Waals surface area contributed by atoms with E-state index >= 15 is 0 Å². The number of rotatable bonds is 4. The van der Waals surface area contributed by atoms with Gasteiger partial charge in [0.25, 0.3) is 0 Å². The van der Waals surface area contributed by atoms with Gasteiger partial charge >= 0.3 is 6.03 Å². The molecule has 1 aromatic heterocycles. The Labute approximate surface area is 185 Å². The number of nitrogens with zero attached hydrogens (tertiary/aromatic N) is 4. The number of carbonyl (C=O) groups is 2. The largest absolute Gasteiger partial charge is 0.339 e. The number of nitrogens with one attached hydrogen (secondary N) is 1. The van der Waals surface area contributed by atoms with Gasteiger partial charge in [-0.05, 0) is 57.1 Å². The van der Waals surface area contributed by atoms with Crippen molar-refractivity contribution in [2.24, 2.45) is 5.92 Å². The second-order valence-corrected chi connectivity index (χ2v) is 9.22. The molecule has 7 nitrogen and oxygen atoms in total. The van der Waals surface area contributed by atoms with Crippen molar-refractivity contribution in [1.82, 2.24) is 19.7 Å². The molecule has 0 radical (unpaired) electrons. The average Bonchev–Trinajstić information content (AvgIpc) is 3.20. The third-order valence-electron chi connectivity index (χ3n) is 5.96. The first-order chi connectivity index (χ1) is 15.0. The first-order valence-electron chi connectivity index (χ1n) is 10.7. The summed E-state index contributed by atoms with van der Waals surface area (Å²) >= 11 is 1.67. The minimum absolute atomic E-state index is 0.0630. The topological polar surface area (TPSA) is 68.8 Å². The minimum atomic E-state index is -0.339. The van der Waals surface area contributed by atoms with Crippen LogP contribution in [0.1, 0.15) is 23.5 Å². The predicted molar refractivity (Wildman–Crippen MR) is 118 cm³/mol. The highest BCUT2D eigenvalue weighted by atomic mass is 32.1. The van der Waals surface area contributed by atoms with Gasteiger partial charge in [-0.1, -0.05) is 0 Å². The number of piperazine rings is 1. The third kappa shape index (κ3) is 5.59. The van der Waals surface area contributed by atoms with E-state index < -0.39 is 0 Å². The van der Waals surface area contributed by atoms with E-state index in [9.17, 15) is 14.0 Å². The van der Waals surface area contributed by atoms with Gasteiger partial charge in [0, 0.05) is 49.7 Å². The van der Waals surface area contributed by atoms with Crippen LogP contribution in [0, 0.1) is 18.7 Å². The summed E-state index contributed by atoms with van der Waals surface area (Å²) in [6.07, 6.45) is 1.74. The van der Waals surface area contributed by atoms with Gasteiger partial charge in [0.2, 0.25) is 5.91 Å². The van der Waals surface area contributed by atoms with Crippen molar-refractivity contribution in [3.63, 3.8) is 0 Å². The summed E-state index contributed by atoms with van der Waals surface area (Å²) in [5.74, 6) is -0.0649. The number of piperidine rings is 1. The normalized spacial score (nSPS) is 18.3. The molecule has 1 aromatic carbocycles. The van der Waals surface area contributed by atoms with Crippen molar-refractivity contribution in [3.05, 3.63) is 46.2 Å². The lowest BCUT2D eigenvalue weighted by atomic mass is 9.95.